The summed E-state index contributed by atoms with van der Waals surface area (Å²) in [6.07, 6.45) is 1.43. The van der Waals surface area contributed by atoms with E-state index in [1.165, 1.54) is 13.2 Å². The highest BCUT2D eigenvalue weighted by molar-refractivity contribution is 6.21. The topological polar surface area (TPSA) is 63.6 Å². The van der Waals surface area contributed by atoms with E-state index in [4.69, 9.17) is 9.84 Å². The van der Waals surface area contributed by atoms with Crippen molar-refractivity contribution in [2.75, 3.05) is 13.7 Å². The second kappa shape index (κ2) is 4.19. The number of hydrogen-bond acceptors (Lipinski definition) is 4. The molecule has 0 aliphatic heterocycles. The third-order valence-corrected chi connectivity index (χ3v) is 2.09. The molecule has 0 atom stereocenters. The lowest BCUT2D eigenvalue weighted by molar-refractivity contribution is -0.118. The Kier molecular flexibility index (Phi) is 3.19. The van der Waals surface area contributed by atoms with Gasteiger partial charge in [0, 0.05) is 17.8 Å². The van der Waals surface area contributed by atoms with Crippen LogP contribution in [0.15, 0.2) is 23.0 Å². The third kappa shape index (κ3) is 1.75. The predicted octanol–water partition coefficient (Wildman–Crippen LogP) is 0.367. The van der Waals surface area contributed by atoms with E-state index in [1.807, 2.05) is 0 Å². The van der Waals surface area contributed by atoms with Crippen LogP contribution in [0.25, 0.3) is 0 Å². The molecule has 4 heteroatoms. The minimum atomic E-state index is -0.312. The first kappa shape index (κ1) is 10.7. The molecular formula is C10H12O4. The molecule has 1 aliphatic rings. The van der Waals surface area contributed by atoms with Crippen LogP contribution in [0.1, 0.15) is 13.3 Å². The molecule has 0 amide bonds. The van der Waals surface area contributed by atoms with E-state index in [0.29, 0.717) is 11.1 Å². The Morgan fingerprint density at radius 3 is 2.57 bits per heavy atom. The van der Waals surface area contributed by atoms with Crippen molar-refractivity contribution in [3.63, 3.8) is 0 Å². The Morgan fingerprint density at radius 2 is 2.07 bits per heavy atom. The van der Waals surface area contributed by atoms with E-state index in [-0.39, 0.29) is 30.4 Å². The first-order valence-electron chi connectivity index (χ1n) is 4.27. The van der Waals surface area contributed by atoms with Crippen LogP contribution in [0, 0.1) is 0 Å². The van der Waals surface area contributed by atoms with E-state index in [9.17, 15) is 9.59 Å². The molecule has 0 fully saturated rings. The molecule has 14 heavy (non-hydrogen) atoms. The van der Waals surface area contributed by atoms with E-state index >= 15 is 0 Å². The molecule has 4 nitrogen and oxygen atoms in total. The minimum Gasteiger partial charge on any atom is -0.492 e. The van der Waals surface area contributed by atoms with E-state index in [2.05, 4.69) is 0 Å². The lowest BCUT2D eigenvalue weighted by Crippen LogP contribution is -2.19. The van der Waals surface area contributed by atoms with Gasteiger partial charge in [-0.1, -0.05) is 0 Å². The highest BCUT2D eigenvalue weighted by Gasteiger charge is 2.25. The maximum atomic E-state index is 11.6. The van der Waals surface area contributed by atoms with Crippen LogP contribution in [0.5, 0.6) is 0 Å². The van der Waals surface area contributed by atoms with Crippen molar-refractivity contribution < 1.29 is 19.4 Å². The highest BCUT2D eigenvalue weighted by Crippen LogP contribution is 2.20. The number of carbonyl (C=O) groups is 2. The van der Waals surface area contributed by atoms with Crippen molar-refractivity contribution in [1.29, 1.82) is 0 Å². The van der Waals surface area contributed by atoms with Crippen molar-refractivity contribution >= 4 is 11.6 Å². The normalized spacial score (nSPS) is 17.2. The third-order valence-electron chi connectivity index (χ3n) is 2.09. The largest absolute Gasteiger partial charge is 0.492 e. The van der Waals surface area contributed by atoms with Gasteiger partial charge in [0.05, 0.1) is 7.11 Å². The van der Waals surface area contributed by atoms with Crippen LogP contribution >= 0.6 is 0 Å². The first-order valence-corrected chi connectivity index (χ1v) is 4.27. The molecule has 1 N–H and O–H groups in total. The second-order valence-corrected chi connectivity index (χ2v) is 2.99. The standard InChI is InChI=1S/C10H12O4/c1-6-9(13)7(3-4-11)5-8(12)10(6)14-2/h5,11H,3-4H2,1-2H3. The van der Waals surface area contributed by atoms with Crippen LogP contribution in [0.3, 0.4) is 0 Å². The van der Waals surface area contributed by atoms with Gasteiger partial charge in [0.1, 0.15) is 0 Å². The molecule has 0 aromatic carbocycles. The zero-order valence-electron chi connectivity index (χ0n) is 8.16. The summed E-state index contributed by atoms with van der Waals surface area (Å²) in [5.41, 5.74) is 0.652. The van der Waals surface area contributed by atoms with Crippen LogP contribution in [-0.2, 0) is 14.3 Å². The Balaban J connectivity index is 3.02. The van der Waals surface area contributed by atoms with Gasteiger partial charge >= 0.3 is 0 Å². The molecular weight excluding hydrogens is 184 g/mol. The average molecular weight is 196 g/mol. The van der Waals surface area contributed by atoms with Gasteiger partial charge in [0.25, 0.3) is 0 Å². The smallest absolute Gasteiger partial charge is 0.221 e. The van der Waals surface area contributed by atoms with E-state index < -0.39 is 0 Å². The second-order valence-electron chi connectivity index (χ2n) is 2.99. The summed E-state index contributed by atoms with van der Waals surface area (Å²) in [6.45, 7) is 1.41. The fourth-order valence-corrected chi connectivity index (χ4v) is 1.38. The van der Waals surface area contributed by atoms with Gasteiger partial charge in [-0.3, -0.25) is 9.59 Å². The number of Topliss-reactive ketones (excluding diaryl/α,β-unsaturated/α-hetero) is 1. The Labute approximate surface area is 81.9 Å². The summed E-state index contributed by atoms with van der Waals surface area (Å²) < 4.78 is 4.81. The molecule has 0 unspecified atom stereocenters. The van der Waals surface area contributed by atoms with Crippen molar-refractivity contribution in [3.05, 3.63) is 23.0 Å². The Hall–Kier alpha value is -1.42. The maximum absolute atomic E-state index is 11.6. The monoisotopic (exact) mass is 196 g/mol. The highest BCUT2D eigenvalue weighted by atomic mass is 16.5. The number of ketones is 2. The number of carbonyl (C=O) groups excluding carboxylic acids is 2. The van der Waals surface area contributed by atoms with E-state index in [0.717, 1.165) is 0 Å². The number of aliphatic hydroxyl groups is 1. The zero-order valence-corrected chi connectivity index (χ0v) is 8.16. The number of aliphatic hydroxyl groups excluding tert-OH is 1. The van der Waals surface area contributed by atoms with Crippen LogP contribution < -0.4 is 0 Å². The van der Waals surface area contributed by atoms with Gasteiger partial charge < -0.3 is 9.84 Å². The lowest BCUT2D eigenvalue weighted by Gasteiger charge is -2.14. The van der Waals surface area contributed by atoms with Crippen molar-refractivity contribution in [2.24, 2.45) is 0 Å². The van der Waals surface area contributed by atoms with Gasteiger partial charge in [0.15, 0.2) is 11.5 Å². The summed E-state index contributed by atoms with van der Waals surface area (Å²) in [6, 6.07) is 0. The minimum absolute atomic E-state index is 0.0942. The molecule has 0 aromatic rings. The summed E-state index contributed by atoms with van der Waals surface area (Å²) in [4.78, 5) is 22.9. The fraction of sp³-hybridized carbons (Fsp3) is 0.400. The molecule has 1 aliphatic carbocycles. The zero-order chi connectivity index (χ0) is 10.7. The van der Waals surface area contributed by atoms with Crippen LogP contribution in [-0.4, -0.2) is 30.4 Å². The molecule has 0 saturated carbocycles. The number of hydrogen-bond donors (Lipinski definition) is 1. The van der Waals surface area contributed by atoms with Crippen molar-refractivity contribution in [2.45, 2.75) is 13.3 Å². The molecule has 0 saturated heterocycles. The summed E-state index contributed by atoms with van der Waals surface area (Å²) >= 11 is 0. The maximum Gasteiger partial charge on any atom is 0.221 e. The summed E-state index contributed by atoms with van der Waals surface area (Å²) in [5, 5.41) is 8.68. The molecule has 0 radical (unpaired) electrons. The van der Waals surface area contributed by atoms with Gasteiger partial charge in [0.2, 0.25) is 5.78 Å². The molecule has 0 spiro atoms. The molecule has 1 rings (SSSR count). The Bertz CT molecular complexity index is 336. The predicted molar refractivity (Wildman–Crippen MR) is 49.5 cm³/mol. The van der Waals surface area contributed by atoms with Crippen LogP contribution in [0.4, 0.5) is 0 Å². The number of methoxy groups -OCH3 is 1. The van der Waals surface area contributed by atoms with Crippen molar-refractivity contribution in [1.82, 2.24) is 0 Å². The van der Waals surface area contributed by atoms with Gasteiger partial charge in [-0.2, -0.15) is 0 Å². The Morgan fingerprint density at radius 1 is 1.43 bits per heavy atom. The summed E-state index contributed by atoms with van der Waals surface area (Å²) in [7, 11) is 1.36. The van der Waals surface area contributed by atoms with Crippen LogP contribution in [0.2, 0.25) is 0 Å². The van der Waals surface area contributed by atoms with Gasteiger partial charge in [-0.25, -0.2) is 0 Å². The SMILES string of the molecule is COC1=C(C)C(=O)C(CCO)=CC1=O. The lowest BCUT2D eigenvalue weighted by atomic mass is 9.94. The summed E-state index contributed by atoms with van der Waals surface area (Å²) in [5.74, 6) is -0.444. The number of allylic oxidation sites excluding steroid dienone is 2. The first-order chi connectivity index (χ1) is 6.61. The molecule has 0 aromatic heterocycles. The molecule has 0 bridgehead atoms. The van der Waals surface area contributed by atoms with Gasteiger partial charge in [-0.05, 0) is 19.4 Å². The van der Waals surface area contributed by atoms with E-state index in [1.54, 1.807) is 6.92 Å². The molecule has 0 heterocycles. The quantitative estimate of drug-likeness (QED) is 0.662. The average Bonchev–Trinajstić information content (AvgIpc) is 2.15. The number of ether oxygens (including phenoxy) is 1. The fourth-order valence-electron chi connectivity index (χ4n) is 1.38. The number of rotatable bonds is 3. The van der Waals surface area contributed by atoms with Crippen molar-refractivity contribution in [3.8, 4) is 0 Å². The molecule has 76 valence electrons. The van der Waals surface area contributed by atoms with Gasteiger partial charge in [-0.15, -0.1) is 0 Å².